The van der Waals surface area contributed by atoms with Gasteiger partial charge in [-0.2, -0.15) is 5.10 Å². The summed E-state index contributed by atoms with van der Waals surface area (Å²) in [4.78, 5) is 28.3. The van der Waals surface area contributed by atoms with Crippen molar-refractivity contribution in [3.05, 3.63) is 83.1 Å². The van der Waals surface area contributed by atoms with E-state index >= 15 is 0 Å². The van der Waals surface area contributed by atoms with Crippen molar-refractivity contribution in [2.75, 3.05) is 10.6 Å². The van der Waals surface area contributed by atoms with Crippen LogP contribution < -0.4 is 10.6 Å². The summed E-state index contributed by atoms with van der Waals surface area (Å²) in [5, 5.41) is 11.7. The van der Waals surface area contributed by atoms with Crippen molar-refractivity contribution in [1.29, 1.82) is 0 Å². The van der Waals surface area contributed by atoms with Gasteiger partial charge >= 0.3 is 0 Å². The monoisotopic (exact) mass is 487 g/mol. The van der Waals surface area contributed by atoms with Gasteiger partial charge in [-0.15, -0.1) is 0 Å². The quantitative estimate of drug-likeness (QED) is 0.158. The average Bonchev–Trinajstić information content (AvgIpc) is 3.25. The molecule has 0 fully saturated rings. The number of benzene rings is 2. The van der Waals surface area contributed by atoms with Crippen LogP contribution in [0, 0.1) is 29.1 Å². The average molecular weight is 487 g/mol. The van der Waals surface area contributed by atoms with Gasteiger partial charge in [-0.05, 0) is 42.5 Å². The van der Waals surface area contributed by atoms with E-state index in [1.54, 1.807) is 36.5 Å². The third-order valence-corrected chi connectivity index (χ3v) is 4.77. The van der Waals surface area contributed by atoms with Gasteiger partial charge in [0.1, 0.15) is 12.1 Å². The van der Waals surface area contributed by atoms with Gasteiger partial charge in [0.25, 0.3) is 0 Å². The number of halogens is 5. The molecule has 0 saturated carbocycles. The first-order chi connectivity index (χ1) is 16.7. The van der Waals surface area contributed by atoms with E-state index < -0.39 is 53.0 Å². The van der Waals surface area contributed by atoms with Crippen molar-refractivity contribution in [2.45, 2.75) is 6.42 Å². The van der Waals surface area contributed by atoms with E-state index in [9.17, 15) is 31.5 Å². The Morgan fingerprint density at radius 2 is 1.54 bits per heavy atom. The van der Waals surface area contributed by atoms with Crippen molar-refractivity contribution >= 4 is 46.2 Å². The van der Waals surface area contributed by atoms with E-state index in [0.29, 0.717) is 11.2 Å². The van der Waals surface area contributed by atoms with Crippen LogP contribution in [-0.2, 0) is 9.59 Å². The molecule has 4 rings (SSSR count). The Balaban J connectivity index is 1.42. The lowest BCUT2D eigenvalue weighted by atomic mass is 10.1. The summed E-state index contributed by atoms with van der Waals surface area (Å²) in [6, 6.07) is 10.2. The number of carbonyl (C=O) groups excluding carboxylic acids is 2. The maximum absolute atomic E-state index is 13.7. The Hall–Kier alpha value is -4.61. The van der Waals surface area contributed by atoms with Gasteiger partial charge in [0.05, 0.1) is 16.9 Å². The number of hydrogen-bond acceptors (Lipinski definition) is 4. The molecule has 2 amide bonds. The van der Waals surface area contributed by atoms with Gasteiger partial charge in [0, 0.05) is 17.3 Å². The molecule has 0 unspecified atom stereocenters. The standard InChI is InChI=1S/C23H14F5N5O2/c24-18-19(25)21(27)23(22(28)20(18)26)31-17(35)10-16(34)30-12-4-6-13-14(32-33-15(13)9-12)7-5-11-3-1-2-8-29-11/h1-9H,10H2,(H,30,34)(H,31,35)(H,32,33). The second-order valence-electron chi connectivity index (χ2n) is 7.18. The number of hydrogen-bond donors (Lipinski definition) is 3. The third-order valence-electron chi connectivity index (χ3n) is 4.77. The number of nitrogens with one attached hydrogen (secondary N) is 3. The summed E-state index contributed by atoms with van der Waals surface area (Å²) >= 11 is 0. The maximum Gasteiger partial charge on any atom is 0.233 e. The van der Waals surface area contributed by atoms with Crippen LogP contribution in [0.5, 0.6) is 0 Å². The van der Waals surface area contributed by atoms with Crippen molar-refractivity contribution in [3.8, 4) is 0 Å². The minimum Gasteiger partial charge on any atom is -0.326 e. The number of amides is 2. The minimum atomic E-state index is -2.36. The van der Waals surface area contributed by atoms with E-state index in [4.69, 9.17) is 0 Å². The van der Waals surface area contributed by atoms with Crippen LogP contribution in [-0.4, -0.2) is 27.0 Å². The Morgan fingerprint density at radius 3 is 2.23 bits per heavy atom. The highest BCUT2D eigenvalue weighted by atomic mass is 19.2. The van der Waals surface area contributed by atoms with Crippen molar-refractivity contribution in [1.82, 2.24) is 15.2 Å². The van der Waals surface area contributed by atoms with Gasteiger partial charge in [0.15, 0.2) is 23.3 Å². The van der Waals surface area contributed by atoms with Gasteiger partial charge in [-0.25, -0.2) is 22.0 Å². The number of carbonyl (C=O) groups is 2. The van der Waals surface area contributed by atoms with Gasteiger partial charge in [0.2, 0.25) is 17.6 Å². The fourth-order valence-corrected chi connectivity index (χ4v) is 3.13. The zero-order chi connectivity index (χ0) is 25.1. The number of H-pyrrole nitrogens is 1. The van der Waals surface area contributed by atoms with Crippen LogP contribution in [0.4, 0.5) is 33.3 Å². The molecular weight excluding hydrogens is 473 g/mol. The first-order valence-electron chi connectivity index (χ1n) is 9.93. The van der Waals surface area contributed by atoms with Crippen LogP contribution in [0.1, 0.15) is 17.8 Å². The Morgan fingerprint density at radius 1 is 0.857 bits per heavy atom. The molecule has 2 aromatic carbocycles. The first kappa shape index (κ1) is 23.5. The van der Waals surface area contributed by atoms with Crippen LogP contribution in [0.15, 0.2) is 42.6 Å². The van der Waals surface area contributed by atoms with Crippen molar-refractivity contribution < 1.29 is 31.5 Å². The second-order valence-corrected chi connectivity index (χ2v) is 7.18. The molecule has 2 aromatic heterocycles. The zero-order valence-electron chi connectivity index (χ0n) is 17.5. The van der Waals surface area contributed by atoms with Crippen LogP contribution in [0.3, 0.4) is 0 Å². The van der Waals surface area contributed by atoms with Crippen molar-refractivity contribution in [3.63, 3.8) is 0 Å². The summed E-state index contributed by atoms with van der Waals surface area (Å²) in [6.45, 7) is 0. The summed E-state index contributed by atoms with van der Waals surface area (Å²) in [7, 11) is 0. The predicted molar refractivity (Wildman–Crippen MR) is 117 cm³/mol. The van der Waals surface area contributed by atoms with E-state index in [1.165, 1.54) is 11.4 Å². The van der Waals surface area contributed by atoms with Gasteiger partial charge in [-0.3, -0.25) is 19.7 Å². The third kappa shape index (κ3) is 5.00. The fourth-order valence-electron chi connectivity index (χ4n) is 3.13. The summed E-state index contributed by atoms with van der Waals surface area (Å²) in [6.07, 6.45) is 4.23. The maximum atomic E-state index is 13.7. The molecular formula is C23H14F5N5O2. The number of nitrogens with zero attached hydrogens (tertiary/aromatic N) is 2. The number of rotatable bonds is 6. The molecule has 7 nitrogen and oxygen atoms in total. The number of pyridine rings is 1. The topological polar surface area (TPSA) is 99.8 Å². The van der Waals surface area contributed by atoms with Crippen LogP contribution >= 0.6 is 0 Å². The lowest BCUT2D eigenvalue weighted by molar-refractivity contribution is -0.123. The van der Waals surface area contributed by atoms with Gasteiger partial charge < -0.3 is 10.6 Å². The number of anilines is 2. The second kappa shape index (κ2) is 9.71. The summed E-state index contributed by atoms with van der Waals surface area (Å²) < 4.78 is 67.0. The first-order valence-corrected chi connectivity index (χ1v) is 9.93. The Labute approximate surface area is 193 Å². The van der Waals surface area contributed by atoms with E-state index in [0.717, 1.165) is 11.1 Å². The summed E-state index contributed by atoms with van der Waals surface area (Å²) in [5.41, 5.74) is 0.650. The molecule has 12 heteroatoms. The van der Waals surface area contributed by atoms with Crippen LogP contribution in [0.2, 0.25) is 0 Å². The van der Waals surface area contributed by atoms with E-state index in [2.05, 4.69) is 20.5 Å². The van der Waals surface area contributed by atoms with Gasteiger partial charge in [-0.1, -0.05) is 6.07 Å². The molecule has 0 bridgehead atoms. The molecule has 3 N–H and O–H groups in total. The lowest BCUT2D eigenvalue weighted by Crippen LogP contribution is -2.23. The lowest BCUT2D eigenvalue weighted by Gasteiger charge is -2.10. The largest absolute Gasteiger partial charge is 0.326 e. The predicted octanol–water partition coefficient (Wildman–Crippen LogP) is 4.79. The molecule has 35 heavy (non-hydrogen) atoms. The Bertz CT molecular complexity index is 1440. The highest BCUT2D eigenvalue weighted by Gasteiger charge is 2.27. The SMILES string of the molecule is O=C(CC(=O)Nc1c(F)c(F)c(F)c(F)c1F)Nc1ccc2c(C=Cc3ccccn3)n[nH]c2c1. The molecule has 4 aromatic rings. The van der Waals surface area contributed by atoms with Crippen molar-refractivity contribution in [2.24, 2.45) is 0 Å². The highest BCUT2D eigenvalue weighted by molar-refractivity contribution is 6.08. The smallest absolute Gasteiger partial charge is 0.233 e. The zero-order valence-corrected chi connectivity index (χ0v) is 17.5. The molecule has 178 valence electrons. The van der Waals surface area contributed by atoms with Crippen LogP contribution in [0.25, 0.3) is 23.1 Å². The number of aromatic nitrogens is 3. The molecule has 0 aliphatic heterocycles. The summed E-state index contributed by atoms with van der Waals surface area (Å²) in [5.74, 6) is -13.4. The fraction of sp³-hybridized carbons (Fsp3) is 0.0435. The van der Waals surface area contributed by atoms with E-state index in [-0.39, 0.29) is 5.69 Å². The molecule has 0 aliphatic carbocycles. The van der Waals surface area contributed by atoms with E-state index in [1.807, 2.05) is 12.1 Å². The molecule has 2 heterocycles. The molecule has 0 atom stereocenters. The molecule has 0 saturated heterocycles. The highest BCUT2D eigenvalue weighted by Crippen LogP contribution is 2.27. The number of aromatic amines is 1. The Kier molecular flexibility index (Phi) is 6.53. The molecule has 0 radical (unpaired) electrons. The number of fused-ring (bicyclic) bond motifs is 1. The minimum absolute atomic E-state index is 0.274. The molecule has 0 aliphatic rings. The normalized spacial score (nSPS) is 11.2. The molecule has 0 spiro atoms.